The first kappa shape index (κ1) is 17.5. The van der Waals surface area contributed by atoms with E-state index < -0.39 is 10.5 Å². The van der Waals surface area contributed by atoms with Gasteiger partial charge in [-0.15, -0.1) is 0 Å². The van der Waals surface area contributed by atoms with Gasteiger partial charge in [0.1, 0.15) is 11.4 Å². The van der Waals surface area contributed by atoms with Crippen molar-refractivity contribution in [3.63, 3.8) is 0 Å². The number of nitrogens with zero attached hydrogens (tertiary/aromatic N) is 2. The van der Waals surface area contributed by atoms with Gasteiger partial charge < -0.3 is 14.4 Å². The van der Waals surface area contributed by atoms with Gasteiger partial charge in [0.15, 0.2) is 0 Å². The number of ether oxygens (including phenoxy) is 2. The Hall–Kier alpha value is -1.83. The van der Waals surface area contributed by atoms with Crippen molar-refractivity contribution >= 4 is 27.7 Å². The van der Waals surface area contributed by atoms with Gasteiger partial charge >= 0.3 is 6.09 Å². The molecule has 2 rings (SSSR count). The summed E-state index contributed by atoms with van der Waals surface area (Å²) in [7, 11) is 0. The molecule has 8 heteroatoms. The number of nitro benzene ring substituents is 1. The third kappa shape index (κ3) is 4.82. The highest BCUT2D eigenvalue weighted by atomic mass is 79.9. The van der Waals surface area contributed by atoms with Crippen molar-refractivity contribution in [2.24, 2.45) is 5.92 Å². The first-order valence-corrected chi connectivity index (χ1v) is 7.99. The predicted molar refractivity (Wildman–Crippen MR) is 87.6 cm³/mol. The molecule has 1 amide bonds. The van der Waals surface area contributed by atoms with Crippen molar-refractivity contribution in [1.29, 1.82) is 0 Å². The molecule has 0 unspecified atom stereocenters. The minimum absolute atomic E-state index is 0.00368. The van der Waals surface area contributed by atoms with Crippen LogP contribution in [0.25, 0.3) is 0 Å². The van der Waals surface area contributed by atoms with Crippen LogP contribution in [0.4, 0.5) is 10.5 Å². The molecule has 1 aromatic rings. The summed E-state index contributed by atoms with van der Waals surface area (Å²) in [4.78, 5) is 23.7. The summed E-state index contributed by atoms with van der Waals surface area (Å²) < 4.78 is 11.5. The minimum Gasteiger partial charge on any atom is -0.492 e. The van der Waals surface area contributed by atoms with Crippen LogP contribution in [0.5, 0.6) is 5.75 Å². The van der Waals surface area contributed by atoms with Gasteiger partial charge in [-0.2, -0.15) is 0 Å². The van der Waals surface area contributed by atoms with E-state index in [1.807, 2.05) is 20.8 Å². The Morgan fingerprint density at radius 3 is 2.61 bits per heavy atom. The van der Waals surface area contributed by atoms with Crippen LogP contribution in [-0.4, -0.2) is 41.2 Å². The Balaban J connectivity index is 1.79. The van der Waals surface area contributed by atoms with Crippen LogP contribution >= 0.6 is 15.9 Å². The lowest BCUT2D eigenvalue weighted by Crippen LogP contribution is -2.53. The summed E-state index contributed by atoms with van der Waals surface area (Å²) in [6.45, 7) is 7.10. The van der Waals surface area contributed by atoms with Gasteiger partial charge in [0.25, 0.3) is 5.69 Å². The molecule has 0 aromatic heterocycles. The molecule has 1 saturated heterocycles. The second kappa shape index (κ2) is 6.74. The highest BCUT2D eigenvalue weighted by molar-refractivity contribution is 9.10. The van der Waals surface area contributed by atoms with Crippen molar-refractivity contribution in [3.05, 3.63) is 32.8 Å². The summed E-state index contributed by atoms with van der Waals surface area (Å²) in [5.41, 5.74) is -0.494. The molecule has 0 bridgehead atoms. The van der Waals surface area contributed by atoms with Crippen molar-refractivity contribution in [1.82, 2.24) is 4.90 Å². The number of rotatable bonds is 4. The van der Waals surface area contributed by atoms with Crippen molar-refractivity contribution < 1.29 is 19.2 Å². The lowest BCUT2D eigenvalue weighted by Gasteiger charge is -2.39. The van der Waals surface area contributed by atoms with Crippen LogP contribution in [0.15, 0.2) is 22.7 Å². The fourth-order valence-electron chi connectivity index (χ4n) is 2.08. The Morgan fingerprint density at radius 2 is 2.09 bits per heavy atom. The molecule has 1 heterocycles. The third-order valence-corrected chi connectivity index (χ3v) is 3.83. The maximum atomic E-state index is 11.8. The summed E-state index contributed by atoms with van der Waals surface area (Å²) in [5, 5.41) is 10.7. The molecular formula is C15H19BrN2O5. The lowest BCUT2D eigenvalue weighted by atomic mass is 10.0. The van der Waals surface area contributed by atoms with E-state index in [1.54, 1.807) is 11.0 Å². The molecule has 23 heavy (non-hydrogen) atoms. The summed E-state index contributed by atoms with van der Waals surface area (Å²) in [6, 6.07) is 4.36. The number of likely N-dealkylation sites (tertiary alicyclic amines) is 1. The second-order valence-electron chi connectivity index (χ2n) is 6.43. The normalized spacial score (nSPS) is 15.0. The standard InChI is InChI=1S/C15H19BrN2O5/c1-15(2,3)23-14(19)17-7-10(8-17)9-22-13-5-4-11(18(20)21)6-12(13)16/h4-6,10H,7-9H2,1-3H3. The van der Waals surface area contributed by atoms with Crippen LogP contribution < -0.4 is 4.74 Å². The zero-order valence-corrected chi connectivity index (χ0v) is 14.8. The van der Waals surface area contributed by atoms with E-state index in [0.29, 0.717) is 29.9 Å². The van der Waals surface area contributed by atoms with Gasteiger partial charge in [0.2, 0.25) is 0 Å². The minimum atomic E-state index is -0.498. The number of carbonyl (C=O) groups is 1. The third-order valence-electron chi connectivity index (χ3n) is 3.21. The molecule has 0 spiro atoms. The maximum absolute atomic E-state index is 11.8. The molecule has 1 aromatic carbocycles. The number of non-ortho nitro benzene ring substituents is 1. The SMILES string of the molecule is CC(C)(C)OC(=O)N1CC(COc2ccc([N+](=O)[O-])cc2Br)C1. The van der Waals surface area contributed by atoms with Gasteiger partial charge in [-0.1, -0.05) is 0 Å². The van der Waals surface area contributed by atoms with Gasteiger partial charge in [-0.05, 0) is 42.8 Å². The highest BCUT2D eigenvalue weighted by Crippen LogP contribution is 2.30. The summed E-state index contributed by atoms with van der Waals surface area (Å²) in [6.07, 6.45) is -0.315. The van der Waals surface area contributed by atoms with Crippen LogP contribution in [0.2, 0.25) is 0 Å². The van der Waals surface area contributed by atoms with Crippen LogP contribution in [0.1, 0.15) is 20.8 Å². The van der Waals surface area contributed by atoms with E-state index in [9.17, 15) is 14.9 Å². The summed E-state index contributed by atoms with van der Waals surface area (Å²) >= 11 is 3.26. The number of hydrogen-bond acceptors (Lipinski definition) is 5. The first-order valence-electron chi connectivity index (χ1n) is 7.20. The largest absolute Gasteiger partial charge is 0.492 e. The average Bonchev–Trinajstić information content (AvgIpc) is 2.36. The molecule has 0 saturated carbocycles. The zero-order valence-electron chi connectivity index (χ0n) is 13.2. The monoisotopic (exact) mass is 386 g/mol. The van der Waals surface area contributed by atoms with Gasteiger partial charge in [-0.3, -0.25) is 10.1 Å². The molecule has 0 radical (unpaired) electrons. The molecular weight excluding hydrogens is 368 g/mol. The Bertz CT molecular complexity index is 608. The fourth-order valence-corrected chi connectivity index (χ4v) is 2.56. The lowest BCUT2D eigenvalue weighted by molar-refractivity contribution is -0.385. The second-order valence-corrected chi connectivity index (χ2v) is 7.29. The fraction of sp³-hybridized carbons (Fsp3) is 0.533. The van der Waals surface area contributed by atoms with Crippen LogP contribution in [0.3, 0.4) is 0 Å². The maximum Gasteiger partial charge on any atom is 0.410 e. The van der Waals surface area contributed by atoms with E-state index in [4.69, 9.17) is 9.47 Å². The van der Waals surface area contributed by atoms with Crippen molar-refractivity contribution in [2.75, 3.05) is 19.7 Å². The van der Waals surface area contributed by atoms with Crippen molar-refractivity contribution in [3.8, 4) is 5.75 Å². The number of amides is 1. The zero-order chi connectivity index (χ0) is 17.2. The molecule has 0 N–H and O–H groups in total. The van der Waals surface area contributed by atoms with Gasteiger partial charge in [0.05, 0.1) is 16.0 Å². The van der Waals surface area contributed by atoms with E-state index in [1.165, 1.54) is 12.1 Å². The Morgan fingerprint density at radius 1 is 1.43 bits per heavy atom. The van der Waals surface area contributed by atoms with Crippen LogP contribution in [-0.2, 0) is 4.74 Å². The molecule has 1 fully saturated rings. The number of nitro groups is 1. The summed E-state index contributed by atoms with van der Waals surface area (Å²) in [5.74, 6) is 0.774. The molecule has 7 nitrogen and oxygen atoms in total. The average molecular weight is 387 g/mol. The predicted octanol–water partition coefficient (Wildman–Crippen LogP) is 3.60. The number of halogens is 1. The van der Waals surface area contributed by atoms with Crippen LogP contribution in [0, 0.1) is 16.0 Å². The van der Waals surface area contributed by atoms with E-state index in [-0.39, 0.29) is 17.7 Å². The smallest absolute Gasteiger partial charge is 0.410 e. The number of carbonyl (C=O) groups excluding carboxylic acids is 1. The number of benzene rings is 1. The quantitative estimate of drug-likeness (QED) is 0.582. The molecule has 126 valence electrons. The van der Waals surface area contributed by atoms with E-state index in [2.05, 4.69) is 15.9 Å². The Kier molecular flexibility index (Phi) is 5.13. The molecule has 0 aliphatic carbocycles. The molecule has 1 aliphatic rings. The van der Waals surface area contributed by atoms with Gasteiger partial charge in [-0.25, -0.2) is 4.79 Å². The number of hydrogen-bond donors (Lipinski definition) is 0. The molecule has 1 aliphatic heterocycles. The van der Waals surface area contributed by atoms with Crippen molar-refractivity contribution in [2.45, 2.75) is 26.4 Å². The van der Waals surface area contributed by atoms with Gasteiger partial charge in [0, 0.05) is 31.1 Å². The Labute approximate surface area is 142 Å². The topological polar surface area (TPSA) is 81.9 Å². The van der Waals surface area contributed by atoms with E-state index >= 15 is 0 Å². The first-order chi connectivity index (χ1) is 10.7. The van der Waals surface area contributed by atoms with E-state index in [0.717, 1.165) is 0 Å². The molecule has 0 atom stereocenters. The highest BCUT2D eigenvalue weighted by Gasteiger charge is 2.34.